The Bertz CT molecular complexity index is 2090. The lowest BCUT2D eigenvalue weighted by molar-refractivity contribution is -0.117. The van der Waals surface area contributed by atoms with Crippen LogP contribution in [0.25, 0.3) is 44.8 Å². The van der Waals surface area contributed by atoms with Gasteiger partial charge < -0.3 is 24.5 Å². The van der Waals surface area contributed by atoms with Crippen LogP contribution in [-0.4, -0.2) is 73.1 Å². The summed E-state index contributed by atoms with van der Waals surface area (Å²) in [4.78, 5) is 44.7. The zero-order chi connectivity index (χ0) is 32.0. The summed E-state index contributed by atoms with van der Waals surface area (Å²) in [5.74, 6) is 3.18. The minimum atomic E-state index is -0.00649. The van der Waals surface area contributed by atoms with E-state index in [1.54, 1.807) is 18.2 Å². The Labute approximate surface area is 272 Å². The van der Waals surface area contributed by atoms with Gasteiger partial charge in [-0.3, -0.25) is 14.5 Å². The molecular formula is C36H38N8O3. The molecule has 2 aliphatic carbocycles. The second-order valence-corrected chi connectivity index (χ2v) is 13.7. The molecular weight excluding hydrogens is 592 g/mol. The summed E-state index contributed by atoms with van der Waals surface area (Å²) in [6.07, 6.45) is 7.62. The van der Waals surface area contributed by atoms with Crippen molar-refractivity contribution in [2.75, 3.05) is 25.1 Å². The maximum atomic E-state index is 13.8. The van der Waals surface area contributed by atoms with Crippen molar-refractivity contribution < 1.29 is 14.3 Å². The molecule has 2 saturated heterocycles. The lowest BCUT2D eigenvalue weighted by Gasteiger charge is -2.27. The third kappa shape index (κ3) is 4.54. The number of rotatable bonds is 7. The second kappa shape index (κ2) is 10.6. The van der Waals surface area contributed by atoms with Gasteiger partial charge in [0.2, 0.25) is 5.91 Å². The zero-order valence-corrected chi connectivity index (χ0v) is 26.7. The Balaban J connectivity index is 1.13. The van der Waals surface area contributed by atoms with Crippen LogP contribution in [0.5, 0.6) is 5.75 Å². The van der Waals surface area contributed by atoms with Crippen LogP contribution in [0.2, 0.25) is 0 Å². The minimum Gasteiger partial charge on any atom is -0.494 e. The van der Waals surface area contributed by atoms with Crippen LogP contribution in [0, 0.1) is 11.8 Å². The van der Waals surface area contributed by atoms with Crippen LogP contribution in [0.4, 0.5) is 5.82 Å². The van der Waals surface area contributed by atoms with E-state index in [9.17, 15) is 9.59 Å². The fourth-order valence-corrected chi connectivity index (χ4v) is 8.10. The predicted octanol–water partition coefficient (Wildman–Crippen LogP) is 4.76. The van der Waals surface area contributed by atoms with Crippen molar-refractivity contribution in [1.29, 1.82) is 0 Å². The predicted molar refractivity (Wildman–Crippen MR) is 179 cm³/mol. The maximum Gasteiger partial charge on any atom is 0.254 e. The molecule has 47 heavy (non-hydrogen) atoms. The van der Waals surface area contributed by atoms with Crippen molar-refractivity contribution >= 4 is 39.7 Å². The number of hydrogen-bond donors (Lipinski definition) is 1. The minimum absolute atomic E-state index is 0.00649. The van der Waals surface area contributed by atoms with E-state index in [2.05, 4.69) is 26.3 Å². The number of carbonyl (C=O) groups excluding carboxylic acids is 2. The van der Waals surface area contributed by atoms with Crippen LogP contribution in [0.3, 0.4) is 0 Å². The summed E-state index contributed by atoms with van der Waals surface area (Å²) in [6.45, 7) is 2.26. The van der Waals surface area contributed by atoms with Crippen LogP contribution in [-0.2, 0) is 18.4 Å². The Hall–Kier alpha value is -4.77. The molecule has 6 heterocycles. The van der Waals surface area contributed by atoms with E-state index in [0.29, 0.717) is 48.5 Å². The number of anilines is 1. The first-order valence-corrected chi connectivity index (χ1v) is 16.8. The quantitative estimate of drug-likeness (QED) is 0.275. The maximum absolute atomic E-state index is 13.8. The van der Waals surface area contributed by atoms with E-state index < -0.39 is 0 Å². The smallest absolute Gasteiger partial charge is 0.254 e. The van der Waals surface area contributed by atoms with E-state index in [1.165, 1.54) is 12.8 Å². The fourth-order valence-electron chi connectivity index (χ4n) is 8.10. The zero-order valence-electron chi connectivity index (χ0n) is 26.7. The van der Waals surface area contributed by atoms with E-state index in [1.807, 2.05) is 42.3 Å². The van der Waals surface area contributed by atoms with Crippen molar-refractivity contribution in [2.24, 2.45) is 24.6 Å². The number of hydrogen-bond acceptors (Lipinski definition) is 7. The van der Waals surface area contributed by atoms with Gasteiger partial charge in [0, 0.05) is 67.9 Å². The van der Waals surface area contributed by atoms with Crippen molar-refractivity contribution in [3.05, 3.63) is 54.2 Å². The number of fused-ring (bicyclic) bond motifs is 4. The highest BCUT2D eigenvalue weighted by Crippen LogP contribution is 2.40. The number of nitrogens with zero attached hydrogens (tertiary/aromatic N) is 7. The molecule has 4 aromatic heterocycles. The number of aromatic nitrogens is 5. The number of carbonyl (C=O) groups is 2. The molecule has 240 valence electrons. The average molecular weight is 631 g/mol. The normalized spacial score (nSPS) is 22.4. The van der Waals surface area contributed by atoms with Crippen LogP contribution in [0.15, 0.2) is 48.7 Å². The van der Waals surface area contributed by atoms with Gasteiger partial charge in [0.1, 0.15) is 22.7 Å². The first-order valence-electron chi connectivity index (χ1n) is 16.8. The molecule has 5 aromatic rings. The van der Waals surface area contributed by atoms with Crippen molar-refractivity contribution in [2.45, 2.75) is 57.2 Å². The SMILES string of the molecule is COc1cc(C(=O)N2CC3CCC2C3N)cc2nc(-c3cc4ccc(-c5ccnc(N6CCCC6=O)c5)nc4n3CC3CC3)n(C)c12. The third-order valence-corrected chi connectivity index (χ3v) is 10.8. The lowest BCUT2D eigenvalue weighted by Crippen LogP contribution is -2.41. The summed E-state index contributed by atoms with van der Waals surface area (Å²) < 4.78 is 10.2. The molecule has 0 radical (unpaired) electrons. The average Bonchev–Trinajstić information content (AvgIpc) is 3.33. The highest BCUT2D eigenvalue weighted by Gasteiger charge is 2.47. The molecule has 4 aliphatic rings. The monoisotopic (exact) mass is 630 g/mol. The molecule has 1 aromatic carbocycles. The molecule has 11 heteroatoms. The van der Waals surface area contributed by atoms with Gasteiger partial charge in [0.25, 0.3) is 5.91 Å². The molecule has 3 unspecified atom stereocenters. The number of piperidine rings is 1. The number of likely N-dealkylation sites (tertiary alicyclic amines) is 1. The molecule has 4 fully saturated rings. The number of aryl methyl sites for hydroxylation is 1. The molecule has 2 saturated carbocycles. The highest BCUT2D eigenvalue weighted by atomic mass is 16.5. The molecule has 2 amide bonds. The number of imidazole rings is 1. The van der Waals surface area contributed by atoms with Crippen molar-refractivity contribution in [1.82, 2.24) is 29.0 Å². The van der Waals surface area contributed by atoms with E-state index in [4.69, 9.17) is 20.4 Å². The number of pyridine rings is 2. The standard InChI is InChI=1S/C36H38N8O3/c1-41-33-26(14-24(16-29(33)47-2)36(46)44-19-23-8-10-27(44)32(23)37)40-35(41)28-15-22-7-9-25(39-34(22)43(28)18-20-5-6-20)21-11-12-38-30(17-21)42-13-3-4-31(42)45/h7,9,11-12,14-17,20,23,27,32H,3-6,8,10,13,18-19,37H2,1-2H3. The fraction of sp³-hybridized carbons (Fsp3) is 0.417. The van der Waals surface area contributed by atoms with Crippen molar-refractivity contribution in [3.63, 3.8) is 0 Å². The van der Waals surface area contributed by atoms with Gasteiger partial charge in [0.05, 0.1) is 24.0 Å². The largest absolute Gasteiger partial charge is 0.494 e. The van der Waals surface area contributed by atoms with Gasteiger partial charge in [-0.05, 0) is 86.4 Å². The molecule has 11 nitrogen and oxygen atoms in total. The Kier molecular flexibility index (Phi) is 6.44. The Morgan fingerprint density at radius 1 is 1.06 bits per heavy atom. The number of benzene rings is 1. The van der Waals surface area contributed by atoms with Gasteiger partial charge in [-0.1, -0.05) is 0 Å². The van der Waals surface area contributed by atoms with E-state index >= 15 is 0 Å². The first-order chi connectivity index (χ1) is 22.9. The molecule has 2 N–H and O–H groups in total. The van der Waals surface area contributed by atoms with Crippen LogP contribution in [0.1, 0.15) is 48.9 Å². The summed E-state index contributed by atoms with van der Waals surface area (Å²) in [5.41, 5.74) is 12.2. The Morgan fingerprint density at radius 3 is 2.66 bits per heavy atom. The van der Waals surface area contributed by atoms with Crippen molar-refractivity contribution in [3.8, 4) is 28.5 Å². The summed E-state index contributed by atoms with van der Waals surface area (Å²) in [7, 11) is 3.65. The lowest BCUT2D eigenvalue weighted by atomic mass is 10.1. The summed E-state index contributed by atoms with van der Waals surface area (Å²) >= 11 is 0. The van der Waals surface area contributed by atoms with Gasteiger partial charge in [-0.25, -0.2) is 15.0 Å². The highest BCUT2D eigenvalue weighted by molar-refractivity contribution is 6.00. The Morgan fingerprint density at radius 2 is 1.94 bits per heavy atom. The van der Waals surface area contributed by atoms with Crippen LogP contribution < -0.4 is 15.4 Å². The summed E-state index contributed by atoms with van der Waals surface area (Å²) in [6, 6.07) is 14.1. The second-order valence-electron chi connectivity index (χ2n) is 13.7. The van der Waals surface area contributed by atoms with Gasteiger partial charge in [0.15, 0.2) is 5.82 Å². The van der Waals surface area contributed by atoms with Gasteiger partial charge in [-0.2, -0.15) is 0 Å². The molecule has 3 atom stereocenters. The van der Waals surface area contributed by atoms with Gasteiger partial charge in [-0.15, -0.1) is 0 Å². The van der Waals surface area contributed by atoms with E-state index in [0.717, 1.165) is 70.6 Å². The molecule has 2 aliphatic heterocycles. The van der Waals surface area contributed by atoms with Gasteiger partial charge >= 0.3 is 0 Å². The molecule has 2 bridgehead atoms. The summed E-state index contributed by atoms with van der Waals surface area (Å²) in [5, 5.41) is 1.03. The molecule has 0 spiro atoms. The third-order valence-electron chi connectivity index (χ3n) is 10.8. The topological polar surface area (TPSA) is 124 Å². The van der Waals surface area contributed by atoms with Crippen LogP contribution >= 0.6 is 0 Å². The number of methoxy groups -OCH3 is 1. The number of amides is 2. The molecule has 9 rings (SSSR count). The van der Waals surface area contributed by atoms with E-state index in [-0.39, 0.29) is 23.9 Å². The number of ether oxygens (including phenoxy) is 1. The number of nitrogens with two attached hydrogens (primary N) is 1. The first kappa shape index (κ1) is 28.5.